The molecule has 0 radical (unpaired) electrons. The van der Waals surface area contributed by atoms with Crippen LogP contribution < -0.4 is 10.6 Å². The second kappa shape index (κ2) is 6.38. The summed E-state index contributed by atoms with van der Waals surface area (Å²) < 4.78 is 13.6. The Kier molecular flexibility index (Phi) is 5.13. The fourth-order valence-corrected chi connectivity index (χ4v) is 1.68. The summed E-state index contributed by atoms with van der Waals surface area (Å²) in [5, 5.41) is 5.36. The van der Waals surface area contributed by atoms with Crippen LogP contribution in [0.5, 0.6) is 0 Å². The number of hydrogen-bond acceptors (Lipinski definition) is 2. The lowest BCUT2D eigenvalue weighted by molar-refractivity contribution is -0.115. The van der Waals surface area contributed by atoms with Crippen molar-refractivity contribution in [2.24, 2.45) is 0 Å². The van der Waals surface area contributed by atoms with Gasteiger partial charge in [0.2, 0.25) is 5.91 Å². The fourth-order valence-electron chi connectivity index (χ4n) is 1.22. The number of aryl methyl sites for hydroxylation is 1. The summed E-state index contributed by atoms with van der Waals surface area (Å²) in [6.45, 7) is 2.21. The zero-order valence-corrected chi connectivity index (χ0v) is 10.9. The number of benzene rings is 1. The molecule has 1 amide bonds. The number of amides is 1. The SMILES string of the molecule is C#CCNCC(=O)Nc1cc(F)c(Br)cc1C. The molecule has 0 aromatic heterocycles. The molecular formula is C12H12BrFN2O. The van der Waals surface area contributed by atoms with Crippen molar-refractivity contribution in [3.05, 3.63) is 28.0 Å². The number of hydrogen-bond donors (Lipinski definition) is 2. The molecule has 2 N–H and O–H groups in total. The predicted octanol–water partition coefficient (Wildman–Crippen LogP) is 2.06. The smallest absolute Gasteiger partial charge is 0.238 e. The van der Waals surface area contributed by atoms with E-state index in [0.717, 1.165) is 5.56 Å². The van der Waals surface area contributed by atoms with Crippen molar-refractivity contribution in [2.75, 3.05) is 18.4 Å². The van der Waals surface area contributed by atoms with Crippen molar-refractivity contribution in [1.82, 2.24) is 5.32 Å². The molecule has 1 rings (SSSR count). The number of nitrogens with one attached hydrogen (secondary N) is 2. The van der Waals surface area contributed by atoms with Crippen LogP contribution in [0.2, 0.25) is 0 Å². The Labute approximate surface area is 108 Å². The molecule has 0 unspecified atom stereocenters. The highest BCUT2D eigenvalue weighted by molar-refractivity contribution is 9.10. The number of rotatable bonds is 4. The van der Waals surface area contributed by atoms with Gasteiger partial charge in [-0.2, -0.15) is 0 Å². The number of carbonyl (C=O) groups excluding carboxylic acids is 1. The average Bonchev–Trinajstić information content (AvgIpc) is 2.26. The summed E-state index contributed by atoms with van der Waals surface area (Å²) in [6.07, 6.45) is 5.03. The second-order valence-corrected chi connectivity index (χ2v) is 4.29. The van der Waals surface area contributed by atoms with E-state index in [1.165, 1.54) is 6.07 Å². The topological polar surface area (TPSA) is 41.1 Å². The van der Waals surface area contributed by atoms with Crippen LogP contribution in [0.4, 0.5) is 10.1 Å². The van der Waals surface area contributed by atoms with Gasteiger partial charge in [-0.25, -0.2) is 4.39 Å². The third kappa shape index (κ3) is 4.17. The Morgan fingerprint density at radius 1 is 1.59 bits per heavy atom. The van der Waals surface area contributed by atoms with Gasteiger partial charge in [0, 0.05) is 5.69 Å². The third-order valence-corrected chi connectivity index (χ3v) is 2.66. The van der Waals surface area contributed by atoms with Gasteiger partial charge in [-0.1, -0.05) is 5.92 Å². The molecule has 3 nitrogen and oxygen atoms in total. The maximum absolute atomic E-state index is 13.3. The standard InChI is InChI=1S/C12H12BrFN2O/c1-3-4-15-7-12(17)16-11-6-10(14)9(13)5-8(11)2/h1,5-6,15H,4,7H2,2H3,(H,16,17). The van der Waals surface area contributed by atoms with Gasteiger partial charge in [0.25, 0.3) is 0 Å². The molecule has 1 aromatic carbocycles. The molecule has 0 saturated carbocycles. The van der Waals surface area contributed by atoms with Crippen molar-refractivity contribution in [3.63, 3.8) is 0 Å². The minimum atomic E-state index is -0.414. The lowest BCUT2D eigenvalue weighted by Gasteiger charge is -2.09. The van der Waals surface area contributed by atoms with Crippen LogP contribution in [-0.2, 0) is 4.79 Å². The first kappa shape index (κ1) is 13.7. The molecule has 0 aliphatic heterocycles. The second-order valence-electron chi connectivity index (χ2n) is 3.44. The summed E-state index contributed by atoms with van der Waals surface area (Å²) in [6, 6.07) is 2.89. The van der Waals surface area contributed by atoms with Crippen molar-refractivity contribution in [2.45, 2.75) is 6.92 Å². The van der Waals surface area contributed by atoms with E-state index in [-0.39, 0.29) is 12.5 Å². The lowest BCUT2D eigenvalue weighted by atomic mass is 10.2. The highest BCUT2D eigenvalue weighted by Crippen LogP contribution is 2.23. The molecule has 90 valence electrons. The van der Waals surface area contributed by atoms with Gasteiger partial charge in [0.1, 0.15) is 5.82 Å². The molecule has 0 aliphatic rings. The molecule has 0 bridgehead atoms. The van der Waals surface area contributed by atoms with E-state index in [0.29, 0.717) is 16.7 Å². The van der Waals surface area contributed by atoms with Gasteiger partial charge >= 0.3 is 0 Å². The Morgan fingerprint density at radius 2 is 2.29 bits per heavy atom. The number of carbonyl (C=O) groups is 1. The van der Waals surface area contributed by atoms with Crippen molar-refractivity contribution < 1.29 is 9.18 Å². The van der Waals surface area contributed by atoms with Crippen molar-refractivity contribution >= 4 is 27.5 Å². The molecule has 1 aromatic rings. The molecule has 0 atom stereocenters. The molecule has 0 spiro atoms. The summed E-state index contributed by atoms with van der Waals surface area (Å²) in [7, 11) is 0. The van der Waals surface area contributed by atoms with Gasteiger partial charge in [-0.3, -0.25) is 10.1 Å². The Balaban J connectivity index is 2.66. The number of halogens is 2. The van der Waals surface area contributed by atoms with Gasteiger partial charge < -0.3 is 5.32 Å². The Morgan fingerprint density at radius 3 is 2.94 bits per heavy atom. The zero-order valence-electron chi connectivity index (χ0n) is 9.31. The van der Waals surface area contributed by atoms with E-state index < -0.39 is 5.82 Å². The molecule has 5 heteroatoms. The van der Waals surface area contributed by atoms with Crippen molar-refractivity contribution in [3.8, 4) is 12.3 Å². The average molecular weight is 299 g/mol. The molecule has 17 heavy (non-hydrogen) atoms. The van der Waals surface area contributed by atoms with Crippen LogP contribution >= 0.6 is 15.9 Å². The highest BCUT2D eigenvalue weighted by Gasteiger charge is 2.08. The molecule has 0 fully saturated rings. The van der Waals surface area contributed by atoms with Gasteiger partial charge in [0.05, 0.1) is 17.6 Å². The first-order valence-electron chi connectivity index (χ1n) is 4.94. The molecule has 0 heterocycles. The summed E-state index contributed by atoms with van der Waals surface area (Å²) in [4.78, 5) is 11.5. The van der Waals surface area contributed by atoms with E-state index in [1.54, 1.807) is 13.0 Å². The lowest BCUT2D eigenvalue weighted by Crippen LogP contribution is -2.28. The minimum Gasteiger partial charge on any atom is -0.325 e. The maximum Gasteiger partial charge on any atom is 0.238 e. The van der Waals surface area contributed by atoms with Crippen LogP contribution in [0.1, 0.15) is 5.56 Å². The van der Waals surface area contributed by atoms with Crippen molar-refractivity contribution in [1.29, 1.82) is 0 Å². The van der Waals surface area contributed by atoms with Crippen LogP contribution in [0.3, 0.4) is 0 Å². The van der Waals surface area contributed by atoms with Gasteiger partial charge in [0.15, 0.2) is 0 Å². The van der Waals surface area contributed by atoms with E-state index in [1.807, 2.05) is 0 Å². The molecular weight excluding hydrogens is 287 g/mol. The quantitative estimate of drug-likeness (QED) is 0.660. The first-order chi connectivity index (χ1) is 8.04. The fraction of sp³-hybridized carbons (Fsp3) is 0.250. The maximum atomic E-state index is 13.3. The van der Waals surface area contributed by atoms with E-state index in [2.05, 4.69) is 32.5 Å². The summed E-state index contributed by atoms with van der Waals surface area (Å²) in [5.74, 6) is 1.68. The Bertz CT molecular complexity index is 468. The molecule has 0 aliphatic carbocycles. The largest absolute Gasteiger partial charge is 0.325 e. The summed E-state index contributed by atoms with van der Waals surface area (Å²) in [5.41, 5.74) is 1.24. The van der Waals surface area contributed by atoms with Crippen LogP contribution in [0, 0.1) is 25.1 Å². The van der Waals surface area contributed by atoms with Crippen LogP contribution in [0.25, 0.3) is 0 Å². The van der Waals surface area contributed by atoms with E-state index >= 15 is 0 Å². The van der Waals surface area contributed by atoms with Gasteiger partial charge in [-0.05, 0) is 40.5 Å². The van der Waals surface area contributed by atoms with Crippen LogP contribution in [-0.4, -0.2) is 19.0 Å². The third-order valence-electron chi connectivity index (χ3n) is 2.05. The van der Waals surface area contributed by atoms with Gasteiger partial charge in [-0.15, -0.1) is 6.42 Å². The molecule has 0 saturated heterocycles. The monoisotopic (exact) mass is 298 g/mol. The number of terminal acetylenes is 1. The van der Waals surface area contributed by atoms with E-state index in [4.69, 9.17) is 6.42 Å². The zero-order chi connectivity index (χ0) is 12.8. The van der Waals surface area contributed by atoms with E-state index in [9.17, 15) is 9.18 Å². The number of anilines is 1. The van der Waals surface area contributed by atoms with Crippen LogP contribution in [0.15, 0.2) is 16.6 Å². The highest BCUT2D eigenvalue weighted by atomic mass is 79.9. The summed E-state index contributed by atoms with van der Waals surface area (Å²) >= 11 is 3.08. The predicted molar refractivity (Wildman–Crippen MR) is 69.2 cm³/mol. The minimum absolute atomic E-state index is 0.0985. The normalized spacial score (nSPS) is 9.76. The Hall–Kier alpha value is -1.38. The first-order valence-corrected chi connectivity index (χ1v) is 5.73.